The van der Waals surface area contributed by atoms with E-state index >= 15 is 0 Å². The first-order chi connectivity index (χ1) is 9.49. The van der Waals surface area contributed by atoms with Crippen molar-refractivity contribution in [1.29, 1.82) is 0 Å². The van der Waals surface area contributed by atoms with Gasteiger partial charge in [-0.2, -0.15) is 5.10 Å². The Balaban J connectivity index is 2.22. The van der Waals surface area contributed by atoms with Crippen LogP contribution < -0.4 is 5.32 Å². The molecule has 20 heavy (non-hydrogen) atoms. The van der Waals surface area contributed by atoms with Gasteiger partial charge in [0.25, 0.3) is 5.91 Å². The van der Waals surface area contributed by atoms with E-state index in [0.29, 0.717) is 17.4 Å². The van der Waals surface area contributed by atoms with Gasteiger partial charge in [0.05, 0.1) is 17.3 Å². The molecule has 0 saturated carbocycles. The molecule has 3 N–H and O–H groups in total. The summed E-state index contributed by atoms with van der Waals surface area (Å²) in [7, 11) is 0. The Morgan fingerprint density at radius 3 is 2.80 bits per heavy atom. The fraction of sp³-hybridized carbons (Fsp3) is 0.357. The number of fused-ring (bicyclic) bond motifs is 1. The van der Waals surface area contributed by atoms with Crippen LogP contribution in [0.3, 0.4) is 0 Å². The molecule has 0 aliphatic heterocycles. The van der Waals surface area contributed by atoms with Crippen LogP contribution in [0.2, 0.25) is 0 Å². The zero-order valence-corrected chi connectivity index (χ0v) is 11.4. The van der Waals surface area contributed by atoms with Crippen molar-refractivity contribution in [3.63, 3.8) is 0 Å². The molecular formula is C14H17N3O3. The van der Waals surface area contributed by atoms with E-state index in [9.17, 15) is 9.59 Å². The van der Waals surface area contributed by atoms with Crippen molar-refractivity contribution in [3.8, 4) is 0 Å². The number of benzene rings is 1. The van der Waals surface area contributed by atoms with Crippen LogP contribution in [0.1, 0.15) is 30.6 Å². The lowest BCUT2D eigenvalue weighted by molar-refractivity contribution is -0.139. The monoisotopic (exact) mass is 275 g/mol. The van der Waals surface area contributed by atoms with E-state index in [1.807, 2.05) is 19.9 Å². The number of amides is 1. The molecule has 6 heteroatoms. The van der Waals surface area contributed by atoms with Crippen molar-refractivity contribution in [2.75, 3.05) is 0 Å². The molecule has 0 bridgehead atoms. The molecule has 1 heterocycles. The fourth-order valence-electron chi connectivity index (χ4n) is 2.10. The Hall–Kier alpha value is -2.37. The van der Waals surface area contributed by atoms with Gasteiger partial charge in [-0.15, -0.1) is 0 Å². The average Bonchev–Trinajstić information content (AvgIpc) is 2.84. The van der Waals surface area contributed by atoms with Crippen LogP contribution in [-0.4, -0.2) is 33.2 Å². The zero-order chi connectivity index (χ0) is 14.7. The number of carbonyl (C=O) groups is 2. The summed E-state index contributed by atoms with van der Waals surface area (Å²) in [5.41, 5.74) is 1.17. The van der Waals surface area contributed by atoms with Crippen molar-refractivity contribution < 1.29 is 14.7 Å². The van der Waals surface area contributed by atoms with Crippen LogP contribution in [0.15, 0.2) is 24.4 Å². The fourth-order valence-corrected chi connectivity index (χ4v) is 2.10. The van der Waals surface area contributed by atoms with Gasteiger partial charge in [-0.05, 0) is 24.5 Å². The average molecular weight is 275 g/mol. The molecule has 0 aliphatic rings. The first-order valence-corrected chi connectivity index (χ1v) is 6.44. The number of aromatic amines is 1. The second kappa shape index (κ2) is 5.73. The number of carboxylic acid groups (broad SMARTS) is 1. The highest BCUT2D eigenvalue weighted by Gasteiger charge is 2.22. The van der Waals surface area contributed by atoms with E-state index in [1.165, 1.54) is 0 Å². The number of aromatic nitrogens is 2. The van der Waals surface area contributed by atoms with Gasteiger partial charge < -0.3 is 10.4 Å². The number of hydrogen-bond donors (Lipinski definition) is 3. The van der Waals surface area contributed by atoms with E-state index in [0.717, 1.165) is 5.52 Å². The van der Waals surface area contributed by atoms with Crippen LogP contribution >= 0.6 is 0 Å². The van der Waals surface area contributed by atoms with E-state index in [-0.39, 0.29) is 5.92 Å². The Morgan fingerprint density at radius 1 is 1.40 bits per heavy atom. The number of carboxylic acids is 1. The maximum absolute atomic E-state index is 12.2. The molecule has 6 nitrogen and oxygen atoms in total. The van der Waals surface area contributed by atoms with Crippen molar-refractivity contribution >= 4 is 22.8 Å². The summed E-state index contributed by atoms with van der Waals surface area (Å²) < 4.78 is 0. The van der Waals surface area contributed by atoms with Gasteiger partial charge in [0.2, 0.25) is 0 Å². The van der Waals surface area contributed by atoms with Crippen molar-refractivity contribution in [3.05, 3.63) is 30.0 Å². The van der Waals surface area contributed by atoms with Crippen molar-refractivity contribution in [2.24, 2.45) is 5.92 Å². The molecule has 1 aromatic heterocycles. The third-order valence-electron chi connectivity index (χ3n) is 3.04. The summed E-state index contributed by atoms with van der Waals surface area (Å²) in [5.74, 6) is -1.24. The SMILES string of the molecule is CC(C)C[C@H](NC(=O)c1cccc2[nH]ncc12)C(=O)O. The predicted molar refractivity (Wildman–Crippen MR) is 74.4 cm³/mol. The van der Waals surface area contributed by atoms with E-state index in [4.69, 9.17) is 5.11 Å². The predicted octanol–water partition coefficient (Wildman–Crippen LogP) is 1.79. The van der Waals surface area contributed by atoms with Gasteiger partial charge in [-0.1, -0.05) is 19.9 Å². The molecule has 0 fully saturated rings. The van der Waals surface area contributed by atoms with Crippen molar-refractivity contribution in [1.82, 2.24) is 15.5 Å². The van der Waals surface area contributed by atoms with Gasteiger partial charge >= 0.3 is 5.97 Å². The Kier molecular flexibility index (Phi) is 4.02. The lowest BCUT2D eigenvalue weighted by Gasteiger charge is -2.16. The summed E-state index contributed by atoms with van der Waals surface area (Å²) in [6, 6.07) is 4.31. The van der Waals surface area contributed by atoms with Crippen LogP contribution in [0.25, 0.3) is 10.9 Å². The maximum atomic E-state index is 12.2. The summed E-state index contributed by atoms with van der Waals surface area (Å²) in [6.07, 6.45) is 1.95. The third kappa shape index (κ3) is 2.96. The molecule has 1 atom stereocenters. The molecule has 0 radical (unpaired) electrons. The molecule has 0 unspecified atom stereocenters. The molecule has 0 aliphatic carbocycles. The second-order valence-electron chi connectivity index (χ2n) is 5.13. The smallest absolute Gasteiger partial charge is 0.326 e. The number of aliphatic carboxylic acids is 1. The van der Waals surface area contributed by atoms with Gasteiger partial charge in [0.1, 0.15) is 6.04 Å². The number of hydrogen-bond acceptors (Lipinski definition) is 3. The molecule has 2 rings (SSSR count). The van der Waals surface area contributed by atoms with Gasteiger partial charge in [-0.3, -0.25) is 9.89 Å². The van der Waals surface area contributed by atoms with E-state index in [1.54, 1.807) is 18.3 Å². The van der Waals surface area contributed by atoms with Crippen LogP contribution in [0.5, 0.6) is 0 Å². The number of carbonyl (C=O) groups excluding carboxylic acids is 1. The molecular weight excluding hydrogens is 258 g/mol. The van der Waals surface area contributed by atoms with E-state index in [2.05, 4.69) is 15.5 Å². The standard InChI is InChI=1S/C14H17N3O3/c1-8(2)6-12(14(19)20)16-13(18)9-4-3-5-11-10(9)7-15-17-11/h3-5,7-8,12H,6H2,1-2H3,(H,15,17)(H,16,18)(H,19,20)/t12-/m0/s1. The minimum Gasteiger partial charge on any atom is -0.480 e. The minimum absolute atomic E-state index is 0.182. The number of nitrogens with zero attached hydrogens (tertiary/aromatic N) is 1. The molecule has 1 aromatic carbocycles. The molecule has 1 amide bonds. The Morgan fingerprint density at radius 2 is 2.15 bits per heavy atom. The largest absolute Gasteiger partial charge is 0.480 e. The molecule has 2 aromatic rings. The summed E-state index contributed by atoms with van der Waals surface area (Å²) >= 11 is 0. The highest BCUT2D eigenvalue weighted by molar-refractivity contribution is 6.07. The molecule has 106 valence electrons. The quantitative estimate of drug-likeness (QED) is 0.775. The lowest BCUT2D eigenvalue weighted by atomic mass is 10.0. The summed E-state index contributed by atoms with van der Waals surface area (Å²) in [6.45, 7) is 3.83. The Labute approximate surface area is 116 Å². The summed E-state index contributed by atoms with van der Waals surface area (Å²) in [4.78, 5) is 23.4. The Bertz CT molecular complexity index is 633. The first kappa shape index (κ1) is 14.0. The molecule has 0 spiro atoms. The van der Waals surface area contributed by atoms with Gasteiger partial charge in [0.15, 0.2) is 0 Å². The number of nitrogens with one attached hydrogen (secondary N) is 2. The topological polar surface area (TPSA) is 95.1 Å². The second-order valence-corrected chi connectivity index (χ2v) is 5.13. The van der Waals surface area contributed by atoms with Crippen LogP contribution in [0, 0.1) is 5.92 Å². The van der Waals surface area contributed by atoms with Crippen LogP contribution in [-0.2, 0) is 4.79 Å². The first-order valence-electron chi connectivity index (χ1n) is 6.44. The maximum Gasteiger partial charge on any atom is 0.326 e. The molecule has 0 saturated heterocycles. The highest BCUT2D eigenvalue weighted by Crippen LogP contribution is 2.16. The summed E-state index contributed by atoms with van der Waals surface area (Å²) in [5, 5.41) is 19.1. The van der Waals surface area contributed by atoms with E-state index < -0.39 is 17.9 Å². The lowest BCUT2D eigenvalue weighted by Crippen LogP contribution is -2.41. The highest BCUT2D eigenvalue weighted by atomic mass is 16.4. The number of H-pyrrole nitrogens is 1. The third-order valence-corrected chi connectivity index (χ3v) is 3.04. The van der Waals surface area contributed by atoms with Crippen LogP contribution in [0.4, 0.5) is 0 Å². The van der Waals surface area contributed by atoms with Crippen molar-refractivity contribution in [2.45, 2.75) is 26.3 Å². The normalized spacial score (nSPS) is 12.6. The minimum atomic E-state index is -1.02. The van der Waals surface area contributed by atoms with Gasteiger partial charge in [-0.25, -0.2) is 4.79 Å². The number of rotatable bonds is 5. The van der Waals surface area contributed by atoms with Gasteiger partial charge in [0, 0.05) is 5.39 Å². The zero-order valence-electron chi connectivity index (χ0n) is 11.4.